The Balaban J connectivity index is 2.38. The van der Waals surface area contributed by atoms with E-state index in [1.54, 1.807) is 0 Å². The highest BCUT2D eigenvalue weighted by molar-refractivity contribution is 5.57. The molecular formula is C6H10N3O. The maximum absolute atomic E-state index is 5.09. The summed E-state index contributed by atoms with van der Waals surface area (Å²) in [6.07, 6.45) is 1.39. The molecule has 0 saturated carbocycles. The van der Waals surface area contributed by atoms with Gasteiger partial charge in [0.2, 0.25) is 0 Å². The molecule has 1 unspecified atom stereocenters. The van der Waals surface area contributed by atoms with Crippen molar-refractivity contribution in [3.63, 3.8) is 0 Å². The van der Waals surface area contributed by atoms with Crippen molar-refractivity contribution in [2.75, 3.05) is 13.2 Å². The van der Waals surface area contributed by atoms with Gasteiger partial charge in [0, 0.05) is 13.5 Å². The third kappa shape index (κ3) is 1.60. The van der Waals surface area contributed by atoms with Gasteiger partial charge in [-0.15, -0.1) is 5.11 Å². The molecule has 0 aromatic heterocycles. The van der Waals surface area contributed by atoms with Crippen LogP contribution < -0.4 is 0 Å². The zero-order chi connectivity index (χ0) is 7.45. The zero-order valence-corrected chi connectivity index (χ0v) is 5.95. The SMILES string of the molecule is [CH2]C1(COCC)N=CN=N1. The lowest BCUT2D eigenvalue weighted by Gasteiger charge is -2.13. The van der Waals surface area contributed by atoms with Gasteiger partial charge in [0.15, 0.2) is 5.66 Å². The van der Waals surface area contributed by atoms with Crippen LogP contribution in [0, 0.1) is 6.92 Å². The number of hydrogen-bond acceptors (Lipinski definition) is 4. The van der Waals surface area contributed by atoms with Gasteiger partial charge >= 0.3 is 0 Å². The smallest absolute Gasteiger partial charge is 0.195 e. The highest BCUT2D eigenvalue weighted by Crippen LogP contribution is 2.15. The minimum Gasteiger partial charge on any atom is -0.377 e. The minimum absolute atomic E-state index is 0.406. The Hall–Kier alpha value is -0.770. The molecule has 4 heteroatoms. The normalized spacial score (nSPS) is 29.8. The molecule has 0 fully saturated rings. The van der Waals surface area contributed by atoms with E-state index >= 15 is 0 Å². The highest BCUT2D eigenvalue weighted by atomic mass is 16.5. The topological polar surface area (TPSA) is 46.3 Å². The summed E-state index contributed by atoms with van der Waals surface area (Å²) in [4.78, 5) is 3.91. The first-order valence-corrected chi connectivity index (χ1v) is 3.16. The van der Waals surface area contributed by atoms with E-state index in [1.165, 1.54) is 6.34 Å². The molecule has 1 rings (SSSR count). The van der Waals surface area contributed by atoms with E-state index in [0.29, 0.717) is 13.2 Å². The van der Waals surface area contributed by atoms with Gasteiger partial charge in [-0.1, -0.05) is 0 Å². The van der Waals surface area contributed by atoms with Crippen LogP contribution in [-0.4, -0.2) is 25.2 Å². The Bertz CT molecular complexity index is 152. The molecular weight excluding hydrogens is 130 g/mol. The summed E-state index contributed by atoms with van der Waals surface area (Å²) in [6.45, 7) is 6.70. The first-order valence-electron chi connectivity index (χ1n) is 3.16. The van der Waals surface area contributed by atoms with Gasteiger partial charge in [-0.2, -0.15) is 5.11 Å². The van der Waals surface area contributed by atoms with Crippen LogP contribution in [0.15, 0.2) is 15.2 Å². The van der Waals surface area contributed by atoms with Crippen LogP contribution in [-0.2, 0) is 4.74 Å². The molecule has 1 radical (unpaired) electrons. The van der Waals surface area contributed by atoms with Crippen LogP contribution in [0.1, 0.15) is 6.92 Å². The fraction of sp³-hybridized carbons (Fsp3) is 0.667. The molecule has 4 nitrogen and oxygen atoms in total. The highest BCUT2D eigenvalue weighted by Gasteiger charge is 2.24. The second kappa shape index (κ2) is 2.88. The summed E-state index contributed by atoms with van der Waals surface area (Å²) in [5.74, 6) is 0. The average Bonchev–Trinajstić information content (AvgIpc) is 2.33. The van der Waals surface area contributed by atoms with Crippen molar-refractivity contribution >= 4 is 6.34 Å². The van der Waals surface area contributed by atoms with Crippen LogP contribution in [0.2, 0.25) is 0 Å². The number of ether oxygens (including phenoxy) is 1. The largest absolute Gasteiger partial charge is 0.377 e. The Morgan fingerprint density at radius 3 is 3.00 bits per heavy atom. The summed E-state index contributed by atoms with van der Waals surface area (Å²) in [6, 6.07) is 0. The molecule has 0 aromatic carbocycles. The van der Waals surface area contributed by atoms with E-state index < -0.39 is 5.66 Å². The third-order valence-electron chi connectivity index (χ3n) is 1.13. The van der Waals surface area contributed by atoms with Crippen LogP contribution in [0.4, 0.5) is 0 Å². The summed E-state index contributed by atoms with van der Waals surface area (Å²) in [5, 5.41) is 7.35. The van der Waals surface area contributed by atoms with Crippen LogP contribution in [0.3, 0.4) is 0 Å². The number of azo groups is 1. The predicted octanol–water partition coefficient (Wildman–Crippen LogP) is 1.05. The van der Waals surface area contributed by atoms with Crippen LogP contribution >= 0.6 is 0 Å². The van der Waals surface area contributed by atoms with Gasteiger partial charge < -0.3 is 4.74 Å². The third-order valence-corrected chi connectivity index (χ3v) is 1.13. The molecule has 0 bridgehead atoms. The Morgan fingerprint density at radius 1 is 1.70 bits per heavy atom. The summed E-state index contributed by atoms with van der Waals surface area (Å²) >= 11 is 0. The molecule has 0 saturated heterocycles. The van der Waals surface area contributed by atoms with Crippen molar-refractivity contribution < 1.29 is 4.74 Å². The van der Waals surface area contributed by atoms with Gasteiger partial charge in [-0.05, 0) is 6.92 Å². The van der Waals surface area contributed by atoms with Crippen molar-refractivity contribution in [1.29, 1.82) is 0 Å². The van der Waals surface area contributed by atoms with Gasteiger partial charge in [0.1, 0.15) is 6.34 Å². The van der Waals surface area contributed by atoms with E-state index in [2.05, 4.69) is 22.1 Å². The van der Waals surface area contributed by atoms with Crippen molar-refractivity contribution in [2.45, 2.75) is 12.6 Å². The number of nitrogens with zero attached hydrogens (tertiary/aromatic N) is 3. The summed E-state index contributed by atoms with van der Waals surface area (Å²) in [5.41, 5.74) is -0.698. The van der Waals surface area contributed by atoms with Crippen molar-refractivity contribution in [2.24, 2.45) is 15.2 Å². The number of rotatable bonds is 3. The zero-order valence-electron chi connectivity index (χ0n) is 5.95. The first-order chi connectivity index (χ1) is 4.77. The van der Waals surface area contributed by atoms with Crippen LogP contribution in [0.25, 0.3) is 0 Å². The number of aliphatic imine (C=N–C) groups is 1. The molecule has 1 aliphatic heterocycles. The quantitative estimate of drug-likeness (QED) is 0.577. The van der Waals surface area contributed by atoms with Crippen molar-refractivity contribution in [1.82, 2.24) is 0 Å². The molecule has 0 amide bonds. The molecule has 0 N–H and O–H groups in total. The fourth-order valence-electron chi connectivity index (χ4n) is 0.624. The fourth-order valence-corrected chi connectivity index (χ4v) is 0.624. The molecule has 55 valence electrons. The standard InChI is InChI=1S/C6H10N3O/c1-3-10-4-6(2)7-5-8-9-6/h5H,2-4H2,1H3. The molecule has 0 spiro atoms. The second-order valence-electron chi connectivity index (χ2n) is 2.08. The Kier molecular flexibility index (Phi) is 2.11. The lowest BCUT2D eigenvalue weighted by molar-refractivity contribution is 0.114. The minimum atomic E-state index is -0.698. The van der Waals surface area contributed by atoms with Crippen molar-refractivity contribution in [3.05, 3.63) is 6.92 Å². The van der Waals surface area contributed by atoms with Gasteiger partial charge in [0.05, 0.1) is 6.61 Å². The molecule has 0 aromatic rings. The first kappa shape index (κ1) is 7.34. The molecule has 1 atom stereocenters. The lowest BCUT2D eigenvalue weighted by atomic mass is 10.2. The Labute approximate surface area is 60.0 Å². The lowest BCUT2D eigenvalue weighted by Crippen LogP contribution is -2.24. The van der Waals surface area contributed by atoms with E-state index in [-0.39, 0.29) is 0 Å². The van der Waals surface area contributed by atoms with Gasteiger partial charge in [-0.3, -0.25) is 0 Å². The summed E-state index contributed by atoms with van der Waals surface area (Å²) < 4.78 is 5.09. The molecule has 1 heterocycles. The van der Waals surface area contributed by atoms with E-state index in [9.17, 15) is 0 Å². The maximum Gasteiger partial charge on any atom is 0.195 e. The number of hydrogen-bond donors (Lipinski definition) is 0. The van der Waals surface area contributed by atoms with E-state index in [1.807, 2.05) is 6.92 Å². The van der Waals surface area contributed by atoms with E-state index in [0.717, 1.165) is 0 Å². The maximum atomic E-state index is 5.09. The molecule has 0 aliphatic carbocycles. The molecule has 10 heavy (non-hydrogen) atoms. The average molecular weight is 140 g/mol. The van der Waals surface area contributed by atoms with Gasteiger partial charge in [0.25, 0.3) is 0 Å². The second-order valence-corrected chi connectivity index (χ2v) is 2.08. The molecule has 1 aliphatic rings. The summed E-state index contributed by atoms with van der Waals surface area (Å²) in [7, 11) is 0. The monoisotopic (exact) mass is 140 g/mol. The van der Waals surface area contributed by atoms with E-state index in [4.69, 9.17) is 4.74 Å². The Morgan fingerprint density at radius 2 is 2.50 bits per heavy atom. The predicted molar refractivity (Wildman–Crippen MR) is 37.9 cm³/mol. The van der Waals surface area contributed by atoms with Gasteiger partial charge in [-0.25, -0.2) is 4.99 Å². The van der Waals surface area contributed by atoms with Crippen molar-refractivity contribution in [3.8, 4) is 0 Å². The van der Waals surface area contributed by atoms with Crippen LogP contribution in [0.5, 0.6) is 0 Å².